The summed E-state index contributed by atoms with van der Waals surface area (Å²) in [5, 5.41) is 0. The average Bonchev–Trinajstić information content (AvgIpc) is 3.00. The van der Waals surface area contributed by atoms with Crippen LogP contribution in [0.25, 0.3) is 0 Å². The highest BCUT2D eigenvalue weighted by atomic mass is 19.1. The highest BCUT2D eigenvalue weighted by molar-refractivity contribution is 5.97. The molecule has 2 atom stereocenters. The number of rotatable bonds is 5. The molecule has 0 unspecified atom stereocenters. The van der Waals surface area contributed by atoms with E-state index in [4.69, 9.17) is 4.74 Å². The summed E-state index contributed by atoms with van der Waals surface area (Å²) in [7, 11) is 0. The number of amides is 1. The lowest BCUT2D eigenvalue weighted by Crippen LogP contribution is -2.56. The molecular weight excluding hydrogens is 367 g/mol. The molecule has 2 heterocycles. The minimum atomic E-state index is -0.294. The Morgan fingerprint density at radius 1 is 1.17 bits per heavy atom. The molecule has 29 heavy (non-hydrogen) atoms. The van der Waals surface area contributed by atoms with Crippen molar-refractivity contribution in [3.63, 3.8) is 0 Å². The van der Waals surface area contributed by atoms with Gasteiger partial charge in [0.1, 0.15) is 11.6 Å². The van der Waals surface area contributed by atoms with Crippen molar-refractivity contribution in [3.05, 3.63) is 59.9 Å². The number of hydrogen-bond acceptors (Lipinski definition) is 3. The molecule has 2 saturated heterocycles. The van der Waals surface area contributed by atoms with Gasteiger partial charge in [-0.3, -0.25) is 9.69 Å². The molecule has 1 spiro atoms. The van der Waals surface area contributed by atoms with Gasteiger partial charge in [-0.2, -0.15) is 0 Å². The second-order valence-corrected chi connectivity index (χ2v) is 8.29. The van der Waals surface area contributed by atoms with Crippen molar-refractivity contribution >= 4 is 11.6 Å². The van der Waals surface area contributed by atoms with E-state index in [1.807, 2.05) is 30.0 Å². The van der Waals surface area contributed by atoms with Gasteiger partial charge in [0.15, 0.2) is 0 Å². The van der Waals surface area contributed by atoms with Gasteiger partial charge in [0.2, 0.25) is 5.91 Å². The first kappa shape index (κ1) is 19.9. The fourth-order valence-corrected chi connectivity index (χ4v) is 5.01. The Morgan fingerprint density at radius 3 is 2.76 bits per heavy atom. The maximum atomic E-state index is 13.8. The average molecular weight is 397 g/mol. The van der Waals surface area contributed by atoms with Gasteiger partial charge in [0, 0.05) is 31.2 Å². The zero-order valence-electron chi connectivity index (χ0n) is 17.2. The predicted molar refractivity (Wildman–Crippen MR) is 113 cm³/mol. The Balaban J connectivity index is 1.50. The normalized spacial score (nSPS) is 25.0. The first-order chi connectivity index (χ1) is 14.0. The van der Waals surface area contributed by atoms with Crippen molar-refractivity contribution in [2.45, 2.75) is 57.7 Å². The number of carbonyl (C=O) groups is 1. The van der Waals surface area contributed by atoms with E-state index in [1.165, 1.54) is 17.7 Å². The maximum Gasteiger partial charge on any atom is 0.227 e. The van der Waals surface area contributed by atoms with Crippen molar-refractivity contribution in [1.29, 1.82) is 0 Å². The van der Waals surface area contributed by atoms with Gasteiger partial charge in [0.05, 0.1) is 12.1 Å². The molecule has 0 aliphatic carbocycles. The molecule has 0 aromatic heterocycles. The van der Waals surface area contributed by atoms with Crippen molar-refractivity contribution in [3.8, 4) is 5.75 Å². The lowest BCUT2D eigenvalue weighted by atomic mass is 9.81. The molecule has 0 bridgehead atoms. The number of carbonyl (C=O) groups excluding carboxylic acids is 1. The van der Waals surface area contributed by atoms with Crippen molar-refractivity contribution < 1.29 is 13.9 Å². The first-order valence-corrected chi connectivity index (χ1v) is 10.6. The highest BCUT2D eigenvalue weighted by Gasteiger charge is 2.49. The van der Waals surface area contributed by atoms with Gasteiger partial charge >= 0.3 is 0 Å². The molecule has 2 fully saturated rings. The van der Waals surface area contributed by atoms with Crippen LogP contribution in [0, 0.1) is 5.82 Å². The van der Waals surface area contributed by atoms with Crippen molar-refractivity contribution in [2.75, 3.05) is 18.1 Å². The van der Waals surface area contributed by atoms with E-state index < -0.39 is 0 Å². The Bertz CT molecular complexity index is 887. The van der Waals surface area contributed by atoms with E-state index in [2.05, 4.69) is 24.0 Å². The van der Waals surface area contributed by atoms with Crippen LogP contribution >= 0.6 is 0 Å². The summed E-state index contributed by atoms with van der Waals surface area (Å²) in [6, 6.07) is 15.1. The van der Waals surface area contributed by atoms with Crippen LogP contribution in [0.2, 0.25) is 0 Å². The summed E-state index contributed by atoms with van der Waals surface area (Å²) in [6.45, 7) is 6.67. The minimum Gasteiger partial charge on any atom is -0.494 e. The van der Waals surface area contributed by atoms with Crippen LogP contribution < -0.4 is 9.64 Å². The summed E-state index contributed by atoms with van der Waals surface area (Å²) >= 11 is 0. The molecule has 5 heteroatoms. The second-order valence-electron chi connectivity index (χ2n) is 8.29. The summed E-state index contributed by atoms with van der Waals surface area (Å²) in [5.74, 6) is 0.725. The van der Waals surface area contributed by atoms with E-state index in [9.17, 15) is 9.18 Å². The van der Waals surface area contributed by atoms with Crippen LogP contribution in [-0.4, -0.2) is 35.5 Å². The van der Waals surface area contributed by atoms with E-state index in [0.29, 0.717) is 24.8 Å². The largest absolute Gasteiger partial charge is 0.494 e. The summed E-state index contributed by atoms with van der Waals surface area (Å²) < 4.78 is 19.4. The van der Waals surface area contributed by atoms with E-state index >= 15 is 0 Å². The molecule has 2 aromatic rings. The highest BCUT2D eigenvalue weighted by Crippen LogP contribution is 2.44. The van der Waals surface area contributed by atoms with Crippen LogP contribution in [0.5, 0.6) is 5.75 Å². The molecule has 1 amide bonds. The third-order valence-electron chi connectivity index (χ3n) is 6.35. The van der Waals surface area contributed by atoms with Gasteiger partial charge in [0.25, 0.3) is 0 Å². The predicted octanol–water partition coefficient (Wildman–Crippen LogP) is 4.77. The Kier molecular flexibility index (Phi) is 5.59. The molecule has 4 rings (SSSR count). The fraction of sp³-hybridized carbons (Fsp3) is 0.458. The molecule has 2 aliphatic heterocycles. The maximum absolute atomic E-state index is 13.8. The molecule has 0 radical (unpaired) electrons. The number of anilines is 1. The number of likely N-dealkylation sites (tertiary alicyclic amines) is 1. The standard InChI is InChI=1S/C24H29FN2O2/c1-3-29-22-9-4-6-19(14-22)17-26-13-12-24(16-18(26)2)11-10-23(28)27(24)21-8-5-7-20(25)15-21/h4-9,14-15,18H,3,10-13,16-17H2,1-2H3/t18-,24+/m1/s1. The van der Waals surface area contributed by atoms with Gasteiger partial charge in [-0.25, -0.2) is 4.39 Å². The zero-order valence-corrected chi connectivity index (χ0v) is 17.2. The van der Waals surface area contributed by atoms with Crippen LogP contribution in [0.3, 0.4) is 0 Å². The third kappa shape index (κ3) is 4.01. The molecule has 2 aliphatic rings. The van der Waals surface area contributed by atoms with E-state index in [1.54, 1.807) is 6.07 Å². The van der Waals surface area contributed by atoms with Gasteiger partial charge in [-0.05, 0) is 69.0 Å². The van der Waals surface area contributed by atoms with Gasteiger partial charge in [-0.15, -0.1) is 0 Å². The minimum absolute atomic E-state index is 0.112. The second kappa shape index (κ2) is 8.15. The lowest BCUT2D eigenvalue weighted by molar-refractivity contribution is -0.117. The fourth-order valence-electron chi connectivity index (χ4n) is 5.01. The van der Waals surface area contributed by atoms with Gasteiger partial charge < -0.3 is 9.64 Å². The van der Waals surface area contributed by atoms with Crippen molar-refractivity contribution in [2.24, 2.45) is 0 Å². The molecule has 154 valence electrons. The molecule has 0 saturated carbocycles. The Morgan fingerprint density at radius 2 is 2.00 bits per heavy atom. The molecule has 4 nitrogen and oxygen atoms in total. The van der Waals surface area contributed by atoms with Crippen LogP contribution in [0.1, 0.15) is 45.1 Å². The number of hydrogen-bond donors (Lipinski definition) is 0. The number of halogens is 1. The van der Waals surface area contributed by atoms with Crippen LogP contribution in [0.4, 0.5) is 10.1 Å². The summed E-state index contributed by atoms with van der Waals surface area (Å²) in [6.07, 6.45) is 3.20. The van der Waals surface area contributed by atoms with E-state index in [-0.39, 0.29) is 17.3 Å². The number of nitrogens with zero attached hydrogens (tertiary/aromatic N) is 2. The lowest BCUT2D eigenvalue weighted by Gasteiger charge is -2.48. The quantitative estimate of drug-likeness (QED) is 0.730. The van der Waals surface area contributed by atoms with Crippen LogP contribution in [0.15, 0.2) is 48.5 Å². The Labute approximate surface area is 172 Å². The Hall–Kier alpha value is -2.40. The molecule has 0 N–H and O–H groups in total. The van der Waals surface area contributed by atoms with E-state index in [0.717, 1.165) is 38.1 Å². The first-order valence-electron chi connectivity index (χ1n) is 10.6. The molecule has 2 aromatic carbocycles. The number of ether oxygens (including phenoxy) is 1. The third-order valence-corrected chi connectivity index (χ3v) is 6.35. The monoisotopic (exact) mass is 396 g/mol. The number of benzene rings is 2. The smallest absolute Gasteiger partial charge is 0.227 e. The van der Waals surface area contributed by atoms with Gasteiger partial charge in [-0.1, -0.05) is 18.2 Å². The number of piperidine rings is 1. The summed E-state index contributed by atoms with van der Waals surface area (Å²) in [4.78, 5) is 17.1. The van der Waals surface area contributed by atoms with Crippen molar-refractivity contribution in [1.82, 2.24) is 4.90 Å². The zero-order chi connectivity index (χ0) is 20.4. The SMILES string of the molecule is CCOc1cccc(CN2CC[C@@]3(CCC(=O)N3c3cccc(F)c3)C[C@H]2C)c1. The topological polar surface area (TPSA) is 32.8 Å². The van der Waals surface area contributed by atoms with Crippen LogP contribution in [-0.2, 0) is 11.3 Å². The molecular formula is C24H29FN2O2. The summed E-state index contributed by atoms with van der Waals surface area (Å²) in [5.41, 5.74) is 1.73.